The van der Waals surface area contributed by atoms with Gasteiger partial charge in [-0.25, -0.2) is 0 Å². The van der Waals surface area contributed by atoms with Crippen LogP contribution in [0.1, 0.15) is 9.67 Å². The van der Waals surface area contributed by atoms with Gasteiger partial charge in [0.2, 0.25) is 0 Å². The summed E-state index contributed by atoms with van der Waals surface area (Å²) in [4.78, 5) is 26.8. The Morgan fingerprint density at radius 2 is 2.05 bits per heavy atom. The van der Waals surface area contributed by atoms with Crippen LogP contribution in [0.5, 0.6) is 5.75 Å². The number of nitrogen functional groups attached to an aromatic ring is 1. The third-order valence-corrected chi connectivity index (χ3v) is 3.08. The average Bonchev–Trinajstić information content (AvgIpc) is 2.38. The molecule has 1 aromatic heterocycles. The van der Waals surface area contributed by atoms with Crippen LogP contribution in [0.3, 0.4) is 0 Å². The molecule has 1 heterocycles. The molecular formula is C12H11N3O3S. The van der Waals surface area contributed by atoms with E-state index >= 15 is 0 Å². The number of amides is 1. The van der Waals surface area contributed by atoms with Gasteiger partial charge >= 0.3 is 0 Å². The van der Waals surface area contributed by atoms with Gasteiger partial charge in [0, 0.05) is 11.8 Å². The number of benzene rings is 1. The van der Waals surface area contributed by atoms with Gasteiger partial charge in [0.05, 0.1) is 7.11 Å². The molecule has 0 fully saturated rings. The fraction of sp³-hybridized carbons (Fsp3) is 0.0833. The molecule has 1 aromatic carbocycles. The van der Waals surface area contributed by atoms with E-state index < -0.39 is 11.5 Å². The first-order chi connectivity index (χ1) is 9.08. The number of carbonyl (C=O) groups is 1. The number of nitrogens with zero attached hydrogens (tertiary/aromatic N) is 1. The molecule has 0 aliphatic heterocycles. The van der Waals surface area contributed by atoms with Gasteiger partial charge in [-0.1, -0.05) is 11.3 Å². The van der Waals surface area contributed by atoms with Crippen molar-refractivity contribution in [1.82, 2.24) is 4.98 Å². The van der Waals surface area contributed by atoms with Gasteiger partial charge in [0.25, 0.3) is 11.5 Å². The summed E-state index contributed by atoms with van der Waals surface area (Å²) in [6, 6.07) is 7.99. The van der Waals surface area contributed by atoms with Gasteiger partial charge in [-0.05, 0) is 24.3 Å². The van der Waals surface area contributed by atoms with Crippen molar-refractivity contribution in [3.05, 3.63) is 45.6 Å². The van der Waals surface area contributed by atoms with Crippen LogP contribution in [0.25, 0.3) is 0 Å². The Kier molecular flexibility index (Phi) is 3.76. The van der Waals surface area contributed by atoms with Crippen LogP contribution in [-0.4, -0.2) is 18.0 Å². The summed E-state index contributed by atoms with van der Waals surface area (Å²) in [6.07, 6.45) is 0. The molecule has 3 N–H and O–H groups in total. The maximum atomic E-state index is 11.9. The zero-order valence-electron chi connectivity index (χ0n) is 10.0. The van der Waals surface area contributed by atoms with Crippen molar-refractivity contribution >= 4 is 28.1 Å². The minimum absolute atomic E-state index is 0.0624. The standard InChI is InChI=1S/C12H11N3O3S/c1-18-8-4-2-7(3-5-8)14-11(17)9-6-10(16)15-12(13)19-9/h2-6H,1H3,(H,14,17)(H2,13,15,16). The summed E-state index contributed by atoms with van der Waals surface area (Å²) in [5.41, 5.74) is 5.51. The molecule has 0 saturated heterocycles. The van der Waals surface area contributed by atoms with E-state index in [1.54, 1.807) is 31.4 Å². The average molecular weight is 277 g/mol. The largest absolute Gasteiger partial charge is 0.497 e. The molecule has 0 saturated carbocycles. The molecule has 0 atom stereocenters. The number of ether oxygens (including phenoxy) is 1. The van der Waals surface area contributed by atoms with Crippen LogP contribution < -0.4 is 21.3 Å². The lowest BCUT2D eigenvalue weighted by molar-refractivity contribution is 0.103. The lowest BCUT2D eigenvalue weighted by Crippen LogP contribution is -2.15. The van der Waals surface area contributed by atoms with Gasteiger partial charge in [-0.15, -0.1) is 0 Å². The first-order valence-electron chi connectivity index (χ1n) is 5.31. The van der Waals surface area contributed by atoms with Crippen molar-refractivity contribution in [2.24, 2.45) is 0 Å². The second-order valence-electron chi connectivity index (χ2n) is 3.58. The van der Waals surface area contributed by atoms with Crippen molar-refractivity contribution in [1.29, 1.82) is 0 Å². The van der Waals surface area contributed by atoms with Crippen LogP contribution in [-0.2, 0) is 0 Å². The SMILES string of the molecule is COc1ccc(NC(=O)c2cc(=O)nc(N)s2)cc1. The minimum atomic E-state index is -0.531. The highest BCUT2D eigenvalue weighted by Gasteiger charge is 2.09. The Morgan fingerprint density at radius 1 is 1.37 bits per heavy atom. The Morgan fingerprint density at radius 3 is 2.63 bits per heavy atom. The molecule has 0 spiro atoms. The Bertz CT molecular complexity index is 652. The second-order valence-corrected chi connectivity index (χ2v) is 4.64. The summed E-state index contributed by atoms with van der Waals surface area (Å²) in [5, 5.41) is 2.72. The van der Waals surface area contributed by atoms with E-state index in [0.717, 1.165) is 17.4 Å². The first kappa shape index (κ1) is 13.0. The summed E-state index contributed by atoms with van der Waals surface area (Å²) >= 11 is 0.956. The Hall–Kier alpha value is -2.41. The second kappa shape index (κ2) is 5.49. The maximum Gasteiger partial charge on any atom is 0.273 e. The Labute approximate surface area is 112 Å². The van der Waals surface area contributed by atoms with Crippen molar-refractivity contribution in [3.8, 4) is 5.75 Å². The van der Waals surface area contributed by atoms with Crippen LogP contribution in [0.2, 0.25) is 0 Å². The van der Waals surface area contributed by atoms with Crippen LogP contribution in [0.4, 0.5) is 10.8 Å². The summed E-state index contributed by atoms with van der Waals surface area (Å²) in [6.45, 7) is 0. The molecule has 0 aliphatic rings. The first-order valence-corrected chi connectivity index (χ1v) is 6.13. The number of nitrogens with two attached hydrogens (primary N) is 1. The van der Waals surface area contributed by atoms with Gasteiger partial charge in [-0.3, -0.25) is 9.59 Å². The number of aromatic nitrogens is 1. The third-order valence-electron chi connectivity index (χ3n) is 2.26. The molecule has 1 amide bonds. The molecule has 0 aliphatic carbocycles. The van der Waals surface area contributed by atoms with Crippen molar-refractivity contribution in [2.75, 3.05) is 18.2 Å². The van der Waals surface area contributed by atoms with E-state index in [-0.39, 0.29) is 10.0 Å². The fourth-order valence-corrected chi connectivity index (χ4v) is 2.06. The van der Waals surface area contributed by atoms with E-state index in [9.17, 15) is 9.59 Å². The molecule has 0 bridgehead atoms. The number of rotatable bonds is 3. The quantitative estimate of drug-likeness (QED) is 0.883. The smallest absolute Gasteiger partial charge is 0.273 e. The van der Waals surface area contributed by atoms with Crippen molar-refractivity contribution in [2.45, 2.75) is 0 Å². The number of anilines is 2. The van der Waals surface area contributed by atoms with Crippen molar-refractivity contribution in [3.63, 3.8) is 0 Å². The predicted molar refractivity (Wildman–Crippen MR) is 73.7 cm³/mol. The molecule has 2 rings (SSSR count). The molecule has 0 radical (unpaired) electrons. The number of carbonyl (C=O) groups excluding carboxylic acids is 1. The normalized spacial score (nSPS) is 9.95. The van der Waals surface area contributed by atoms with Crippen LogP contribution >= 0.6 is 11.3 Å². The van der Waals surface area contributed by atoms with Crippen LogP contribution in [0, 0.1) is 0 Å². The summed E-state index contributed by atoms with van der Waals surface area (Å²) in [7, 11) is 1.56. The molecule has 19 heavy (non-hydrogen) atoms. The van der Waals surface area contributed by atoms with Crippen molar-refractivity contribution < 1.29 is 9.53 Å². The number of hydrogen-bond donors (Lipinski definition) is 2. The van der Waals surface area contributed by atoms with Gasteiger partial charge < -0.3 is 15.8 Å². The lowest BCUT2D eigenvalue weighted by atomic mass is 10.3. The molecular weight excluding hydrogens is 266 g/mol. The van der Waals surface area contributed by atoms with E-state index in [4.69, 9.17) is 10.5 Å². The summed E-state index contributed by atoms with van der Waals surface area (Å²) in [5.74, 6) is 0.289. The lowest BCUT2D eigenvalue weighted by Gasteiger charge is -2.05. The monoisotopic (exact) mass is 277 g/mol. The van der Waals surface area contributed by atoms with Gasteiger partial charge in [0.15, 0.2) is 5.13 Å². The molecule has 0 unspecified atom stereocenters. The van der Waals surface area contributed by atoms with E-state index in [2.05, 4.69) is 10.3 Å². The number of methoxy groups -OCH3 is 1. The Balaban J connectivity index is 2.17. The zero-order valence-corrected chi connectivity index (χ0v) is 10.9. The highest BCUT2D eigenvalue weighted by atomic mass is 32.1. The van der Waals surface area contributed by atoms with Gasteiger partial charge in [-0.2, -0.15) is 4.98 Å². The highest BCUT2D eigenvalue weighted by molar-refractivity contribution is 7.17. The highest BCUT2D eigenvalue weighted by Crippen LogP contribution is 2.17. The number of nitrogens with one attached hydrogen (secondary N) is 1. The van der Waals surface area contributed by atoms with Crippen LogP contribution in [0.15, 0.2) is 35.1 Å². The summed E-state index contributed by atoms with van der Waals surface area (Å²) < 4.78 is 5.01. The fourth-order valence-electron chi connectivity index (χ4n) is 1.40. The minimum Gasteiger partial charge on any atom is -0.497 e. The maximum absolute atomic E-state index is 11.9. The van der Waals surface area contributed by atoms with E-state index in [0.29, 0.717) is 11.4 Å². The zero-order chi connectivity index (χ0) is 13.8. The molecule has 98 valence electrons. The number of hydrogen-bond acceptors (Lipinski definition) is 6. The van der Waals surface area contributed by atoms with Gasteiger partial charge in [0.1, 0.15) is 10.6 Å². The molecule has 6 nitrogen and oxygen atoms in total. The van der Waals surface area contributed by atoms with E-state index in [1.807, 2.05) is 0 Å². The predicted octanol–water partition coefficient (Wildman–Crippen LogP) is 1.35. The molecule has 2 aromatic rings. The molecule has 7 heteroatoms. The topological polar surface area (TPSA) is 94.3 Å². The van der Waals surface area contributed by atoms with E-state index in [1.165, 1.54) is 0 Å². The third kappa shape index (κ3) is 3.29.